The van der Waals surface area contributed by atoms with Crippen molar-refractivity contribution < 1.29 is 14.3 Å². The summed E-state index contributed by atoms with van der Waals surface area (Å²) in [7, 11) is 1.58. The van der Waals surface area contributed by atoms with Gasteiger partial charge in [-0.25, -0.2) is 0 Å². The molecule has 0 atom stereocenters. The molecule has 0 aliphatic heterocycles. The molecule has 124 valence electrons. The third kappa shape index (κ3) is 3.40. The first-order chi connectivity index (χ1) is 11.6. The summed E-state index contributed by atoms with van der Waals surface area (Å²) in [5, 5.41) is 2.91. The number of carbonyl (C=O) groups excluding carboxylic acids is 2. The van der Waals surface area contributed by atoms with Crippen LogP contribution in [0.2, 0.25) is 0 Å². The van der Waals surface area contributed by atoms with Gasteiger partial charge in [-0.2, -0.15) is 0 Å². The van der Waals surface area contributed by atoms with Crippen molar-refractivity contribution in [2.75, 3.05) is 17.3 Å². The van der Waals surface area contributed by atoms with Crippen LogP contribution >= 0.6 is 0 Å². The average molecular weight is 324 g/mol. The molecule has 5 heteroatoms. The second-order valence-electron chi connectivity index (χ2n) is 5.82. The van der Waals surface area contributed by atoms with Gasteiger partial charge in [0, 0.05) is 18.5 Å². The fourth-order valence-electron chi connectivity index (χ4n) is 2.68. The van der Waals surface area contributed by atoms with Crippen molar-refractivity contribution in [2.24, 2.45) is 0 Å². The molecule has 0 aromatic heterocycles. The van der Waals surface area contributed by atoms with E-state index in [1.165, 1.54) is 0 Å². The Labute approximate surface area is 141 Å². The van der Waals surface area contributed by atoms with Crippen molar-refractivity contribution in [3.63, 3.8) is 0 Å². The third-order valence-electron chi connectivity index (χ3n) is 4.02. The Balaban J connectivity index is 1.84. The zero-order valence-corrected chi connectivity index (χ0v) is 13.8. The van der Waals surface area contributed by atoms with Crippen LogP contribution in [0, 0.1) is 0 Å². The van der Waals surface area contributed by atoms with Gasteiger partial charge in [0.1, 0.15) is 5.75 Å². The quantitative estimate of drug-likeness (QED) is 0.916. The van der Waals surface area contributed by atoms with Crippen LogP contribution in [0.5, 0.6) is 5.75 Å². The van der Waals surface area contributed by atoms with Crippen molar-refractivity contribution in [1.29, 1.82) is 0 Å². The van der Waals surface area contributed by atoms with Gasteiger partial charge in [-0.1, -0.05) is 12.1 Å². The molecule has 0 heterocycles. The number of methoxy groups -OCH3 is 1. The molecule has 1 saturated carbocycles. The summed E-state index contributed by atoms with van der Waals surface area (Å²) in [5.41, 5.74) is 1.92. The topological polar surface area (TPSA) is 58.6 Å². The molecule has 3 rings (SSSR count). The number of carbonyl (C=O) groups is 2. The number of rotatable bonds is 5. The molecular weight excluding hydrogens is 304 g/mol. The number of hydrogen-bond donors (Lipinski definition) is 1. The predicted molar refractivity (Wildman–Crippen MR) is 93.6 cm³/mol. The average Bonchev–Trinajstić information content (AvgIpc) is 3.41. The lowest BCUT2D eigenvalue weighted by atomic mass is 10.2. The highest BCUT2D eigenvalue weighted by Crippen LogP contribution is 2.36. The lowest BCUT2D eigenvalue weighted by Crippen LogP contribution is -2.31. The van der Waals surface area contributed by atoms with Crippen LogP contribution in [0.25, 0.3) is 0 Å². The monoisotopic (exact) mass is 324 g/mol. The number of nitrogens with zero attached hydrogens (tertiary/aromatic N) is 1. The Hall–Kier alpha value is -2.82. The lowest BCUT2D eigenvalue weighted by molar-refractivity contribution is -0.116. The normalized spacial score (nSPS) is 13.2. The first-order valence-electron chi connectivity index (χ1n) is 7.94. The smallest absolute Gasteiger partial charge is 0.255 e. The zero-order chi connectivity index (χ0) is 17.1. The summed E-state index contributed by atoms with van der Waals surface area (Å²) in [6.45, 7) is 1.56. The minimum Gasteiger partial charge on any atom is -0.497 e. The molecule has 24 heavy (non-hydrogen) atoms. The zero-order valence-electron chi connectivity index (χ0n) is 13.8. The van der Waals surface area contributed by atoms with Crippen LogP contribution in [-0.4, -0.2) is 25.0 Å². The SMILES string of the molecule is COc1ccc(C(=O)Nc2ccccc2N(C(C)=O)C2CC2)cc1. The second kappa shape index (κ2) is 6.74. The fourth-order valence-corrected chi connectivity index (χ4v) is 2.68. The van der Waals surface area contributed by atoms with Crippen LogP contribution < -0.4 is 15.0 Å². The van der Waals surface area contributed by atoms with Crippen LogP contribution in [0.15, 0.2) is 48.5 Å². The summed E-state index contributed by atoms with van der Waals surface area (Å²) in [6.07, 6.45) is 2.00. The minimum absolute atomic E-state index is 0.0105. The molecule has 5 nitrogen and oxygen atoms in total. The van der Waals surface area contributed by atoms with Gasteiger partial charge in [0.2, 0.25) is 5.91 Å². The molecule has 0 bridgehead atoms. The molecule has 2 aromatic rings. The van der Waals surface area contributed by atoms with E-state index in [4.69, 9.17) is 4.74 Å². The van der Waals surface area contributed by atoms with Gasteiger partial charge in [-0.15, -0.1) is 0 Å². The number of nitrogens with one attached hydrogen (secondary N) is 1. The van der Waals surface area contributed by atoms with Crippen molar-refractivity contribution >= 4 is 23.2 Å². The lowest BCUT2D eigenvalue weighted by Gasteiger charge is -2.23. The molecule has 1 N–H and O–H groups in total. The first-order valence-corrected chi connectivity index (χ1v) is 7.94. The van der Waals surface area contributed by atoms with Gasteiger partial charge >= 0.3 is 0 Å². The van der Waals surface area contributed by atoms with Crippen molar-refractivity contribution in [3.8, 4) is 5.75 Å². The third-order valence-corrected chi connectivity index (χ3v) is 4.02. The summed E-state index contributed by atoms with van der Waals surface area (Å²) in [6, 6.07) is 14.5. The number of hydrogen-bond acceptors (Lipinski definition) is 3. The summed E-state index contributed by atoms with van der Waals surface area (Å²) >= 11 is 0. The Morgan fingerprint density at radius 3 is 2.33 bits per heavy atom. The Morgan fingerprint density at radius 1 is 1.08 bits per heavy atom. The van der Waals surface area contributed by atoms with Crippen LogP contribution in [0.4, 0.5) is 11.4 Å². The maximum absolute atomic E-state index is 12.5. The van der Waals surface area contributed by atoms with Crippen LogP contribution in [-0.2, 0) is 4.79 Å². The number of ether oxygens (including phenoxy) is 1. The molecule has 0 radical (unpaired) electrons. The minimum atomic E-state index is -0.218. The second-order valence-corrected chi connectivity index (χ2v) is 5.82. The number of anilines is 2. The van der Waals surface area contributed by atoms with Crippen molar-refractivity contribution in [2.45, 2.75) is 25.8 Å². The standard InChI is InChI=1S/C19H20N2O3/c1-13(22)21(15-9-10-15)18-6-4-3-5-17(18)20-19(23)14-7-11-16(24-2)12-8-14/h3-8,11-12,15H,9-10H2,1-2H3,(H,20,23). The van der Waals surface area contributed by atoms with Gasteiger partial charge in [0.25, 0.3) is 5.91 Å². The van der Waals surface area contributed by atoms with Gasteiger partial charge in [0.05, 0.1) is 18.5 Å². The Kier molecular flexibility index (Phi) is 4.51. The Morgan fingerprint density at radius 2 is 1.75 bits per heavy atom. The van der Waals surface area contributed by atoms with E-state index < -0.39 is 0 Å². The highest BCUT2D eigenvalue weighted by Gasteiger charge is 2.33. The maximum atomic E-state index is 12.5. The van der Waals surface area contributed by atoms with Crippen LogP contribution in [0.1, 0.15) is 30.1 Å². The summed E-state index contributed by atoms with van der Waals surface area (Å²) in [4.78, 5) is 26.3. The van der Waals surface area contributed by atoms with E-state index in [1.807, 2.05) is 24.3 Å². The predicted octanol–water partition coefficient (Wildman–Crippen LogP) is 3.46. The largest absolute Gasteiger partial charge is 0.497 e. The maximum Gasteiger partial charge on any atom is 0.255 e. The molecule has 1 aliphatic carbocycles. The van der Waals surface area contributed by atoms with Gasteiger partial charge in [-0.3, -0.25) is 9.59 Å². The van der Waals surface area contributed by atoms with E-state index in [0.29, 0.717) is 17.0 Å². The first kappa shape index (κ1) is 16.1. The van der Waals surface area contributed by atoms with Crippen LogP contribution in [0.3, 0.4) is 0 Å². The van der Waals surface area contributed by atoms with E-state index in [0.717, 1.165) is 18.5 Å². The van der Waals surface area contributed by atoms with E-state index >= 15 is 0 Å². The van der Waals surface area contributed by atoms with Crippen molar-refractivity contribution in [3.05, 3.63) is 54.1 Å². The molecule has 2 aromatic carbocycles. The van der Waals surface area contributed by atoms with E-state index in [9.17, 15) is 9.59 Å². The molecule has 2 amide bonds. The highest BCUT2D eigenvalue weighted by atomic mass is 16.5. The molecule has 1 aliphatic rings. The number of para-hydroxylation sites is 2. The van der Waals surface area contributed by atoms with E-state index in [1.54, 1.807) is 43.2 Å². The van der Waals surface area contributed by atoms with E-state index in [-0.39, 0.29) is 17.9 Å². The molecular formula is C19H20N2O3. The summed E-state index contributed by atoms with van der Waals surface area (Å²) < 4.78 is 5.10. The van der Waals surface area contributed by atoms with Gasteiger partial charge in [0.15, 0.2) is 0 Å². The molecule has 0 spiro atoms. The molecule has 0 unspecified atom stereocenters. The van der Waals surface area contributed by atoms with Crippen molar-refractivity contribution in [1.82, 2.24) is 0 Å². The van der Waals surface area contributed by atoms with E-state index in [2.05, 4.69) is 5.32 Å². The molecule has 1 fully saturated rings. The number of benzene rings is 2. The highest BCUT2D eigenvalue weighted by molar-refractivity contribution is 6.07. The summed E-state index contributed by atoms with van der Waals surface area (Å²) in [5.74, 6) is 0.469. The van der Waals surface area contributed by atoms with Gasteiger partial charge < -0.3 is 15.0 Å². The molecule has 0 saturated heterocycles. The number of amides is 2. The fraction of sp³-hybridized carbons (Fsp3) is 0.263. The van der Waals surface area contributed by atoms with Gasteiger partial charge in [-0.05, 0) is 49.2 Å². The Bertz CT molecular complexity index is 751.